The molecule has 1 saturated heterocycles. The molecule has 2 amide bonds. The fraction of sp³-hybridized carbons (Fsp3) is 0.647. The lowest BCUT2D eigenvalue weighted by atomic mass is 10.2. The molecular weight excluding hydrogens is 334 g/mol. The fourth-order valence-electron chi connectivity index (χ4n) is 2.52. The molecule has 1 N–H and O–H groups in total. The van der Waals surface area contributed by atoms with Crippen molar-refractivity contribution in [2.45, 2.75) is 13.8 Å². The lowest BCUT2D eigenvalue weighted by Crippen LogP contribution is -2.55. The minimum atomic E-state index is -0.0748. The van der Waals surface area contributed by atoms with Crippen LogP contribution in [0.3, 0.4) is 0 Å². The lowest BCUT2D eigenvalue weighted by Gasteiger charge is -2.35. The number of carbonyl (C=O) groups excluding carboxylic acids is 2. The number of hydrogen-bond acceptors (Lipinski definition) is 4. The maximum atomic E-state index is 12.6. The molecule has 1 aliphatic heterocycles. The van der Waals surface area contributed by atoms with Crippen LogP contribution in [-0.2, 0) is 16.6 Å². The van der Waals surface area contributed by atoms with Crippen LogP contribution in [0.2, 0.25) is 0 Å². The Labute approximate surface area is 154 Å². The number of carbonyl (C=O) groups is 2. The van der Waals surface area contributed by atoms with Crippen molar-refractivity contribution in [2.24, 2.45) is 18.0 Å². The maximum absolute atomic E-state index is 12.6. The topological polar surface area (TPSA) is 86.1 Å². The van der Waals surface area contributed by atoms with E-state index in [1.165, 1.54) is 4.90 Å². The van der Waals surface area contributed by atoms with Gasteiger partial charge < -0.3 is 20.0 Å². The number of piperazine rings is 1. The molecule has 0 unspecified atom stereocenters. The van der Waals surface area contributed by atoms with Crippen molar-refractivity contribution in [1.82, 2.24) is 24.9 Å². The third-order valence-corrected chi connectivity index (χ3v) is 4.05. The summed E-state index contributed by atoms with van der Waals surface area (Å²) in [4.78, 5) is 34.0. The standard InChI is InChI=1S/C17H29N7O2/c1-13(2)8-18-17(19-10-15(25)21(3)4)23-6-7-24(16(26)12-23)14-9-20-22(5)11-14/h9,11,13H,6-8,10,12H2,1-5H3,(H,18,19). The first-order valence-electron chi connectivity index (χ1n) is 8.80. The van der Waals surface area contributed by atoms with Gasteiger partial charge in [0.25, 0.3) is 0 Å². The van der Waals surface area contributed by atoms with Gasteiger partial charge in [-0.05, 0) is 5.92 Å². The van der Waals surface area contributed by atoms with Gasteiger partial charge in [-0.1, -0.05) is 13.8 Å². The number of rotatable bonds is 5. The van der Waals surface area contributed by atoms with Crippen molar-refractivity contribution in [3.05, 3.63) is 12.4 Å². The predicted molar refractivity (Wildman–Crippen MR) is 101 cm³/mol. The molecule has 9 nitrogen and oxygen atoms in total. The Morgan fingerprint density at radius 1 is 1.38 bits per heavy atom. The van der Waals surface area contributed by atoms with Crippen molar-refractivity contribution in [1.29, 1.82) is 0 Å². The summed E-state index contributed by atoms with van der Waals surface area (Å²) in [6.45, 7) is 6.39. The summed E-state index contributed by atoms with van der Waals surface area (Å²) in [6, 6.07) is 0. The monoisotopic (exact) mass is 363 g/mol. The van der Waals surface area contributed by atoms with Crippen LogP contribution < -0.4 is 10.2 Å². The molecular formula is C17H29N7O2. The highest BCUT2D eigenvalue weighted by Crippen LogP contribution is 2.16. The van der Waals surface area contributed by atoms with E-state index in [1.807, 2.05) is 18.1 Å². The van der Waals surface area contributed by atoms with Gasteiger partial charge >= 0.3 is 0 Å². The minimum absolute atomic E-state index is 0.0118. The van der Waals surface area contributed by atoms with Crippen molar-refractivity contribution < 1.29 is 9.59 Å². The second-order valence-electron chi connectivity index (χ2n) is 7.04. The van der Waals surface area contributed by atoms with E-state index in [0.29, 0.717) is 25.0 Å². The molecule has 0 atom stereocenters. The van der Waals surface area contributed by atoms with Gasteiger partial charge in [0.15, 0.2) is 5.96 Å². The van der Waals surface area contributed by atoms with E-state index in [2.05, 4.69) is 29.3 Å². The van der Waals surface area contributed by atoms with Crippen LogP contribution in [0.25, 0.3) is 0 Å². The Morgan fingerprint density at radius 2 is 2.12 bits per heavy atom. The summed E-state index contributed by atoms with van der Waals surface area (Å²) < 4.78 is 1.68. The van der Waals surface area contributed by atoms with E-state index in [4.69, 9.17) is 0 Å². The van der Waals surface area contributed by atoms with E-state index < -0.39 is 0 Å². The molecule has 144 valence electrons. The predicted octanol–water partition coefficient (Wildman–Crippen LogP) is -0.241. The highest BCUT2D eigenvalue weighted by molar-refractivity contribution is 5.98. The van der Waals surface area contributed by atoms with Gasteiger partial charge in [-0.2, -0.15) is 5.10 Å². The first-order valence-corrected chi connectivity index (χ1v) is 8.80. The van der Waals surface area contributed by atoms with Crippen LogP contribution in [0, 0.1) is 5.92 Å². The fourth-order valence-corrected chi connectivity index (χ4v) is 2.52. The summed E-state index contributed by atoms with van der Waals surface area (Å²) in [6.07, 6.45) is 3.52. The molecule has 0 spiro atoms. The summed E-state index contributed by atoms with van der Waals surface area (Å²) in [7, 11) is 5.23. The SMILES string of the molecule is CC(C)CNC(=NCC(=O)N(C)C)N1CCN(c2cnn(C)c2)C(=O)C1. The zero-order valence-electron chi connectivity index (χ0n) is 16.3. The zero-order valence-corrected chi connectivity index (χ0v) is 16.3. The molecule has 1 aromatic heterocycles. The first-order chi connectivity index (χ1) is 12.3. The van der Waals surface area contributed by atoms with Gasteiger partial charge in [0.05, 0.1) is 11.9 Å². The molecule has 0 aliphatic carbocycles. The van der Waals surface area contributed by atoms with Crippen LogP contribution in [0.5, 0.6) is 0 Å². The van der Waals surface area contributed by atoms with Crippen molar-refractivity contribution in [3.63, 3.8) is 0 Å². The molecule has 2 rings (SSSR count). The minimum Gasteiger partial charge on any atom is -0.356 e. The molecule has 1 aromatic rings. The molecule has 9 heteroatoms. The first kappa shape index (κ1) is 19.7. The van der Waals surface area contributed by atoms with E-state index in [9.17, 15) is 9.59 Å². The second-order valence-corrected chi connectivity index (χ2v) is 7.04. The number of likely N-dealkylation sites (N-methyl/N-ethyl adjacent to an activating group) is 1. The highest BCUT2D eigenvalue weighted by atomic mass is 16.2. The van der Waals surface area contributed by atoms with E-state index in [1.54, 1.807) is 29.9 Å². The molecule has 2 heterocycles. The third kappa shape index (κ3) is 5.21. The largest absolute Gasteiger partial charge is 0.356 e. The van der Waals surface area contributed by atoms with Gasteiger partial charge in [0, 0.05) is 47.0 Å². The average molecular weight is 363 g/mol. The second kappa shape index (κ2) is 8.68. The van der Waals surface area contributed by atoms with Crippen molar-refractivity contribution in [2.75, 3.05) is 51.7 Å². The number of aryl methyl sites for hydroxylation is 1. The Balaban J connectivity index is 2.07. The normalized spacial score (nSPS) is 15.6. The average Bonchev–Trinajstić information content (AvgIpc) is 3.00. The van der Waals surface area contributed by atoms with E-state index in [0.717, 1.165) is 12.2 Å². The van der Waals surface area contributed by atoms with Crippen molar-refractivity contribution >= 4 is 23.5 Å². The molecule has 0 bridgehead atoms. The molecule has 26 heavy (non-hydrogen) atoms. The molecule has 0 aromatic carbocycles. The van der Waals surface area contributed by atoms with Gasteiger partial charge in [0.2, 0.25) is 11.8 Å². The third-order valence-electron chi connectivity index (χ3n) is 4.05. The summed E-state index contributed by atoms with van der Waals surface area (Å²) >= 11 is 0. The van der Waals surface area contributed by atoms with Gasteiger partial charge in [-0.15, -0.1) is 0 Å². The molecule has 0 radical (unpaired) electrons. The van der Waals surface area contributed by atoms with Crippen LogP contribution >= 0.6 is 0 Å². The van der Waals surface area contributed by atoms with Gasteiger partial charge in [-0.3, -0.25) is 14.3 Å². The molecule has 1 aliphatic rings. The molecule has 0 saturated carbocycles. The number of aliphatic imine (C=N–C) groups is 1. The zero-order chi connectivity index (χ0) is 19.3. The number of hydrogen-bond donors (Lipinski definition) is 1. The highest BCUT2D eigenvalue weighted by Gasteiger charge is 2.28. The van der Waals surface area contributed by atoms with E-state index >= 15 is 0 Å². The number of aromatic nitrogens is 2. The summed E-state index contributed by atoms with van der Waals surface area (Å²) in [5.74, 6) is 0.946. The summed E-state index contributed by atoms with van der Waals surface area (Å²) in [5, 5.41) is 7.41. The van der Waals surface area contributed by atoms with E-state index in [-0.39, 0.29) is 24.9 Å². The maximum Gasteiger partial charge on any atom is 0.246 e. The Morgan fingerprint density at radius 3 is 2.65 bits per heavy atom. The summed E-state index contributed by atoms with van der Waals surface area (Å²) in [5.41, 5.74) is 0.800. The number of nitrogens with one attached hydrogen (secondary N) is 1. The Kier molecular flexibility index (Phi) is 6.59. The number of guanidine groups is 1. The lowest BCUT2D eigenvalue weighted by molar-refractivity contribution is -0.127. The smallest absolute Gasteiger partial charge is 0.246 e. The quantitative estimate of drug-likeness (QED) is 0.576. The van der Waals surface area contributed by atoms with Gasteiger partial charge in [-0.25, -0.2) is 4.99 Å². The molecule has 1 fully saturated rings. The van der Waals surface area contributed by atoms with Crippen LogP contribution in [0.15, 0.2) is 17.4 Å². The number of anilines is 1. The van der Waals surface area contributed by atoms with Crippen LogP contribution in [-0.4, -0.2) is 84.2 Å². The number of nitrogens with zero attached hydrogens (tertiary/aromatic N) is 6. The Bertz CT molecular complexity index is 666. The Hall–Kier alpha value is -2.58. The van der Waals surface area contributed by atoms with Crippen LogP contribution in [0.1, 0.15) is 13.8 Å². The van der Waals surface area contributed by atoms with Crippen LogP contribution in [0.4, 0.5) is 5.69 Å². The number of amides is 2. The van der Waals surface area contributed by atoms with Gasteiger partial charge in [0.1, 0.15) is 13.1 Å². The van der Waals surface area contributed by atoms with Crippen molar-refractivity contribution in [3.8, 4) is 0 Å².